The Morgan fingerprint density at radius 2 is 1.70 bits per heavy atom. The molecule has 10 nitrogen and oxygen atoms in total. The van der Waals surface area contributed by atoms with Crippen LogP contribution >= 0.6 is 0 Å². The Bertz CT molecular complexity index is 1060. The molecule has 10 heteroatoms. The second kappa shape index (κ2) is 12.0. The van der Waals surface area contributed by atoms with E-state index < -0.39 is 78.0 Å². The third-order valence-electron chi connectivity index (χ3n) is 12.6. The highest BCUT2D eigenvalue weighted by Gasteiger charge is 2.67. The topological polar surface area (TPSA) is 177 Å². The van der Waals surface area contributed by atoms with Gasteiger partial charge in [-0.05, 0) is 92.1 Å². The molecule has 5 rings (SSSR count). The van der Waals surface area contributed by atoms with E-state index in [9.17, 15) is 40.5 Å². The van der Waals surface area contributed by atoms with Gasteiger partial charge in [0.25, 0.3) is 0 Å². The van der Waals surface area contributed by atoms with Crippen LogP contribution in [0.3, 0.4) is 0 Å². The first-order valence-electron chi connectivity index (χ1n) is 16.4. The number of carbonyl (C=O) groups excluding carboxylic acids is 1. The van der Waals surface area contributed by atoms with Gasteiger partial charge in [-0.2, -0.15) is 0 Å². The molecule has 0 amide bonds. The van der Waals surface area contributed by atoms with E-state index in [4.69, 9.17) is 9.47 Å². The zero-order valence-corrected chi connectivity index (χ0v) is 26.3. The summed E-state index contributed by atoms with van der Waals surface area (Å²) in [6.07, 6.45) is -2.98. The molecule has 1 aliphatic heterocycles. The standard InChI is InChI=1S/C33H54O10/c1-16(2)6-7-22(35)17(3)18-9-11-33(41)20-12-23(36)21-13-25(42-30-29(40)28(39)27(38)26(15-34)43-30)24(37)14-31(21,4)19(20)8-10-32(18,33)5/h12,16-19,21-22,24-30,34-35,37-41H,6-11,13-15H2,1-5H3/t17-,18+,19-,21-,22+,24-,25+,26+,27+,28-,29+,30+,31+,32+,33+/m0/s1. The van der Waals surface area contributed by atoms with Crippen LogP contribution in [0.5, 0.6) is 0 Å². The number of carbonyl (C=O) groups is 1. The molecule has 0 bridgehead atoms. The number of fused-ring (bicyclic) bond motifs is 5. The maximum Gasteiger partial charge on any atom is 0.187 e. The number of ketones is 1. The molecule has 1 heterocycles. The molecule has 4 fully saturated rings. The predicted octanol–water partition coefficient (Wildman–Crippen LogP) is 1.45. The minimum atomic E-state index is -1.60. The lowest BCUT2D eigenvalue weighted by Crippen LogP contribution is -2.63. The van der Waals surface area contributed by atoms with Crippen LogP contribution in [0.1, 0.15) is 86.0 Å². The highest BCUT2D eigenvalue weighted by Crippen LogP contribution is 2.68. The van der Waals surface area contributed by atoms with Crippen LogP contribution in [0.15, 0.2) is 11.6 Å². The van der Waals surface area contributed by atoms with Crippen LogP contribution in [-0.4, -0.2) is 103 Å². The van der Waals surface area contributed by atoms with Crippen LogP contribution in [-0.2, 0) is 14.3 Å². The molecule has 0 aromatic carbocycles. The first kappa shape index (κ1) is 33.4. The van der Waals surface area contributed by atoms with E-state index in [1.54, 1.807) is 6.08 Å². The number of aliphatic hydroxyl groups is 7. The smallest absolute Gasteiger partial charge is 0.187 e. The van der Waals surface area contributed by atoms with Crippen molar-refractivity contribution < 1.29 is 50.0 Å². The summed E-state index contributed by atoms with van der Waals surface area (Å²) in [5.74, 6) is -0.0509. The van der Waals surface area contributed by atoms with Gasteiger partial charge in [-0.25, -0.2) is 0 Å². The Balaban J connectivity index is 1.36. The Morgan fingerprint density at radius 1 is 1.00 bits per heavy atom. The van der Waals surface area contributed by atoms with Crippen LogP contribution in [0.25, 0.3) is 0 Å². The summed E-state index contributed by atoms with van der Waals surface area (Å²) in [5, 5.41) is 75.2. The third-order valence-corrected chi connectivity index (χ3v) is 12.6. The van der Waals surface area contributed by atoms with Crippen molar-refractivity contribution in [2.75, 3.05) is 6.61 Å². The summed E-state index contributed by atoms with van der Waals surface area (Å²) in [7, 11) is 0. The molecular formula is C33H54O10. The second-order valence-electron chi connectivity index (χ2n) is 15.4. The fourth-order valence-corrected chi connectivity index (χ4v) is 9.77. The van der Waals surface area contributed by atoms with Crippen LogP contribution < -0.4 is 0 Å². The van der Waals surface area contributed by atoms with E-state index in [2.05, 4.69) is 27.7 Å². The molecule has 7 N–H and O–H groups in total. The number of aliphatic hydroxyl groups excluding tert-OH is 6. The third kappa shape index (κ3) is 5.36. The second-order valence-corrected chi connectivity index (χ2v) is 15.4. The quantitative estimate of drug-likeness (QED) is 0.213. The summed E-state index contributed by atoms with van der Waals surface area (Å²) < 4.78 is 11.4. The Morgan fingerprint density at radius 3 is 2.35 bits per heavy atom. The lowest BCUT2D eigenvalue weighted by molar-refractivity contribution is -0.322. The van der Waals surface area contributed by atoms with E-state index in [0.717, 1.165) is 37.7 Å². The van der Waals surface area contributed by atoms with Crippen molar-refractivity contribution >= 4 is 5.78 Å². The number of ether oxygens (including phenoxy) is 2. The lowest BCUT2D eigenvalue weighted by atomic mass is 9.45. The molecule has 246 valence electrons. The van der Waals surface area contributed by atoms with Crippen molar-refractivity contribution in [3.8, 4) is 0 Å². The van der Waals surface area contributed by atoms with Gasteiger partial charge in [-0.15, -0.1) is 0 Å². The molecule has 43 heavy (non-hydrogen) atoms. The molecular weight excluding hydrogens is 556 g/mol. The maximum atomic E-state index is 13.8. The van der Waals surface area contributed by atoms with Crippen molar-refractivity contribution in [1.82, 2.24) is 0 Å². The van der Waals surface area contributed by atoms with Crippen LogP contribution in [0, 0.1) is 40.4 Å². The minimum absolute atomic E-state index is 0.0226. The fraction of sp³-hybridized carbons (Fsp3) is 0.909. The lowest BCUT2D eigenvalue weighted by Gasteiger charge is -2.60. The Labute approximate surface area is 255 Å². The van der Waals surface area contributed by atoms with E-state index in [0.29, 0.717) is 12.3 Å². The van der Waals surface area contributed by atoms with Gasteiger partial charge in [0.05, 0.1) is 30.5 Å². The fourth-order valence-electron chi connectivity index (χ4n) is 9.77. The molecule has 0 unspecified atom stereocenters. The summed E-state index contributed by atoms with van der Waals surface area (Å²) in [6.45, 7) is 9.97. The SMILES string of the molecule is CC(C)CC[C@@H](O)[C@@H](C)[C@H]1CC[C@@]2(O)C3=CC(=O)[C@@H]4C[C@@H](O[C@@H]5O[C@H](CO)[C@@H](O)[C@H](O)[C@H]5O)[C@@H](O)C[C@]4(C)[C@H]3CC[C@]12C. The normalized spacial score (nSPS) is 49.6. The van der Waals surface area contributed by atoms with Crippen molar-refractivity contribution in [2.24, 2.45) is 40.4 Å². The Hall–Kier alpha value is -0.950. The van der Waals surface area contributed by atoms with Gasteiger partial charge in [0.2, 0.25) is 0 Å². The largest absolute Gasteiger partial charge is 0.394 e. The van der Waals surface area contributed by atoms with Crippen molar-refractivity contribution in [3.05, 3.63) is 11.6 Å². The maximum absolute atomic E-state index is 13.8. The minimum Gasteiger partial charge on any atom is -0.394 e. The number of allylic oxidation sites excluding steroid dienone is 1. The number of rotatable bonds is 8. The van der Waals surface area contributed by atoms with Gasteiger partial charge in [-0.3, -0.25) is 4.79 Å². The molecule has 4 aliphatic carbocycles. The van der Waals surface area contributed by atoms with Gasteiger partial charge in [-0.1, -0.05) is 34.6 Å². The van der Waals surface area contributed by atoms with Gasteiger partial charge in [0, 0.05) is 11.3 Å². The van der Waals surface area contributed by atoms with E-state index in [1.807, 2.05) is 6.92 Å². The van der Waals surface area contributed by atoms with Crippen molar-refractivity contribution in [3.63, 3.8) is 0 Å². The summed E-state index contributed by atoms with van der Waals surface area (Å²) in [6, 6.07) is 0. The average molecular weight is 611 g/mol. The molecule has 5 aliphatic rings. The summed E-state index contributed by atoms with van der Waals surface area (Å²) >= 11 is 0. The first-order chi connectivity index (χ1) is 20.1. The number of hydrogen-bond acceptors (Lipinski definition) is 10. The van der Waals surface area contributed by atoms with Gasteiger partial charge < -0.3 is 45.2 Å². The number of hydrogen-bond donors (Lipinski definition) is 7. The molecule has 0 spiro atoms. The first-order valence-corrected chi connectivity index (χ1v) is 16.4. The van der Waals surface area contributed by atoms with Crippen molar-refractivity contribution in [1.29, 1.82) is 0 Å². The summed E-state index contributed by atoms with van der Waals surface area (Å²) in [5.41, 5.74) is -1.48. The molecule has 0 aromatic rings. The van der Waals surface area contributed by atoms with E-state index >= 15 is 0 Å². The highest BCUT2D eigenvalue weighted by atomic mass is 16.7. The van der Waals surface area contributed by atoms with Gasteiger partial charge in [0.1, 0.15) is 24.4 Å². The molecule has 0 radical (unpaired) electrons. The van der Waals surface area contributed by atoms with Gasteiger partial charge >= 0.3 is 0 Å². The predicted molar refractivity (Wildman–Crippen MR) is 156 cm³/mol. The van der Waals surface area contributed by atoms with Gasteiger partial charge in [0.15, 0.2) is 12.1 Å². The molecule has 0 aromatic heterocycles. The average Bonchev–Trinajstić information content (AvgIpc) is 3.23. The Kier molecular flexibility index (Phi) is 9.33. The highest BCUT2D eigenvalue weighted by molar-refractivity contribution is 5.95. The van der Waals surface area contributed by atoms with E-state index in [1.165, 1.54) is 0 Å². The zero-order chi connectivity index (χ0) is 31.6. The molecule has 3 saturated carbocycles. The van der Waals surface area contributed by atoms with Crippen LogP contribution in [0.4, 0.5) is 0 Å². The van der Waals surface area contributed by atoms with Crippen molar-refractivity contribution in [2.45, 2.75) is 141 Å². The monoisotopic (exact) mass is 610 g/mol. The van der Waals surface area contributed by atoms with E-state index in [-0.39, 0.29) is 36.4 Å². The zero-order valence-electron chi connectivity index (χ0n) is 26.3. The molecule has 1 saturated heterocycles. The summed E-state index contributed by atoms with van der Waals surface area (Å²) in [4.78, 5) is 13.8. The molecule has 15 atom stereocenters. The van der Waals surface area contributed by atoms with Crippen LogP contribution in [0.2, 0.25) is 0 Å².